The highest BCUT2D eigenvalue weighted by Crippen LogP contribution is 2.72. The van der Waals surface area contributed by atoms with Crippen LogP contribution in [0.15, 0.2) is 449 Å². The highest BCUT2D eigenvalue weighted by molar-refractivity contribution is 5.93. The van der Waals surface area contributed by atoms with Gasteiger partial charge in [0, 0.05) is 45.0 Å². The van der Waals surface area contributed by atoms with Crippen molar-refractivity contribution >= 4 is 34.1 Å². The van der Waals surface area contributed by atoms with Crippen molar-refractivity contribution in [2.75, 3.05) is 9.80 Å². The first-order valence-corrected chi connectivity index (χ1v) is 47.7. The van der Waals surface area contributed by atoms with Crippen LogP contribution in [0.25, 0.3) is 134 Å². The van der Waals surface area contributed by atoms with E-state index in [1.54, 1.807) is 22.3 Å². The summed E-state index contributed by atoms with van der Waals surface area (Å²) in [4.78, 5) is 4.72. The van der Waals surface area contributed by atoms with Gasteiger partial charge in [-0.15, -0.1) is 0 Å². The minimum Gasteiger partial charge on any atom is -0.311 e. The largest absolute Gasteiger partial charge is 0.311 e. The number of rotatable bonds is 16. The standard InChI is InChI=1S/2C64H51N/c1-3-11-45(12-4-1)47-21-28-57(29-22-47)65(58-30-23-48(24-31-58)46-13-5-2-6-14-46)59-32-25-49(26-33-59)50-15-9-16-51(40-50)52-17-10-18-53(41-52)54-27-34-63-61(42-54)60-19-7-8-20-62(60)64(63)55-36-43-35-44(38-55)39-56(64)37-43;1-3-12-45(13-4-1)47-22-29-55(30-23-47)65(56-31-24-48(25-32-56)46-14-5-2-6-15-46)57-33-26-49(27-34-57)50-16-11-17-51(41-50)58-18-7-8-19-59(58)52-28-35-63-61(42-52)60-20-9-10-21-62(60)64(63)53-37-43-36-44(39-53)40-54(64)38-43/h1-34,40-44,55-56H,35-39H2;1-35,41-44,53-54H,36-40H2. The molecular formula is C128H102N2. The summed E-state index contributed by atoms with van der Waals surface area (Å²) in [6, 6.07) is 167. The Bertz CT molecular complexity index is 7010. The van der Waals surface area contributed by atoms with Crippen molar-refractivity contribution in [1.29, 1.82) is 0 Å². The molecule has 0 heterocycles. The van der Waals surface area contributed by atoms with E-state index in [0.29, 0.717) is 0 Å². The van der Waals surface area contributed by atoms with Crippen molar-refractivity contribution in [3.63, 3.8) is 0 Å². The first kappa shape index (κ1) is 77.9. The van der Waals surface area contributed by atoms with Crippen LogP contribution >= 0.6 is 0 Å². The fraction of sp³-hybridized carbons (Fsp3) is 0.156. The zero-order valence-corrected chi connectivity index (χ0v) is 73.3. The van der Waals surface area contributed by atoms with Gasteiger partial charge in [-0.25, -0.2) is 0 Å². The van der Waals surface area contributed by atoms with Gasteiger partial charge in [0.2, 0.25) is 0 Å². The molecule has 2 spiro atoms. The number of hydrogen-bond donors (Lipinski definition) is 0. The van der Waals surface area contributed by atoms with Gasteiger partial charge in [-0.2, -0.15) is 0 Å². The van der Waals surface area contributed by atoms with E-state index in [4.69, 9.17) is 0 Å². The highest BCUT2D eigenvalue weighted by Gasteiger charge is 2.63. The predicted molar refractivity (Wildman–Crippen MR) is 543 cm³/mol. The summed E-state index contributed by atoms with van der Waals surface area (Å²) in [6.45, 7) is 0. The summed E-state index contributed by atoms with van der Waals surface area (Å²) in [5, 5.41) is 0. The fourth-order valence-electron chi connectivity index (χ4n) is 26.5. The topological polar surface area (TPSA) is 6.48 Å². The lowest BCUT2D eigenvalue weighted by atomic mass is 9.43. The van der Waals surface area contributed by atoms with Crippen LogP contribution < -0.4 is 9.80 Å². The summed E-state index contributed by atoms with van der Waals surface area (Å²) < 4.78 is 0. The van der Waals surface area contributed by atoms with Gasteiger partial charge >= 0.3 is 0 Å². The summed E-state index contributed by atoms with van der Waals surface area (Å²) in [6.07, 6.45) is 14.3. The second-order valence-electron chi connectivity index (χ2n) is 38.7. The molecule has 0 N–H and O–H groups in total. The van der Waals surface area contributed by atoms with Crippen LogP contribution in [-0.4, -0.2) is 0 Å². The molecule has 8 saturated carbocycles. The summed E-state index contributed by atoms with van der Waals surface area (Å²) in [5.41, 5.74) is 44.2. The summed E-state index contributed by atoms with van der Waals surface area (Å²) in [7, 11) is 0. The Morgan fingerprint density at radius 2 is 0.331 bits per heavy atom. The molecule has 0 amide bonds. The van der Waals surface area contributed by atoms with Gasteiger partial charge in [-0.1, -0.05) is 346 Å². The Hall–Kier alpha value is -14.4. The third-order valence-corrected chi connectivity index (χ3v) is 31.8. The van der Waals surface area contributed by atoms with E-state index in [2.05, 4.69) is 459 Å². The molecule has 10 aliphatic rings. The van der Waals surface area contributed by atoms with Crippen LogP contribution in [0.2, 0.25) is 0 Å². The van der Waals surface area contributed by atoms with Gasteiger partial charge in [0.05, 0.1) is 0 Å². The van der Waals surface area contributed by atoms with Crippen LogP contribution in [-0.2, 0) is 10.8 Å². The highest BCUT2D eigenvalue weighted by atomic mass is 15.1. The number of anilines is 6. The number of fused-ring (bicyclic) bond motifs is 6. The Morgan fingerprint density at radius 3 is 0.638 bits per heavy atom. The maximum atomic E-state index is 2.56. The van der Waals surface area contributed by atoms with Crippen LogP contribution in [0.4, 0.5) is 34.1 Å². The zero-order chi connectivity index (χ0) is 85.8. The first-order valence-electron chi connectivity index (χ1n) is 47.7. The van der Waals surface area contributed by atoms with Crippen molar-refractivity contribution in [3.05, 3.63) is 471 Å². The molecular weight excluding hydrogens is 1570 g/mol. The molecule has 2 nitrogen and oxygen atoms in total. The second kappa shape index (κ2) is 32.4. The van der Waals surface area contributed by atoms with Crippen LogP contribution in [0.1, 0.15) is 86.5 Å². The molecule has 0 atom stereocenters. The molecule has 18 aromatic rings. The molecule has 624 valence electrons. The fourth-order valence-corrected chi connectivity index (χ4v) is 26.5. The molecule has 2 heteroatoms. The van der Waals surface area contributed by atoms with Gasteiger partial charge in [0.1, 0.15) is 0 Å². The van der Waals surface area contributed by atoms with Gasteiger partial charge < -0.3 is 9.80 Å². The SMILES string of the molecule is c1ccc(-c2ccc(N(c3ccc(-c4ccccc4)cc3)c3ccc(-c4cccc(-c5cccc(-c6ccc7c(c6)-c6ccccc6C76C7CC8CC(C7)CC6C8)c5)c4)cc3)cc2)cc1.c1ccc(-c2ccc(N(c3ccc(-c4ccccc4)cc3)c3ccc(-c4cccc(-c5ccccc5-c5ccc6c(c5)-c5ccccc5C65C6CC7CC(C6)CC5C7)c4)cc3)cc2)cc1. The average molecular weight is 1670 g/mol. The molecule has 0 radical (unpaired) electrons. The van der Waals surface area contributed by atoms with E-state index in [-0.39, 0.29) is 10.8 Å². The predicted octanol–water partition coefficient (Wildman–Crippen LogP) is 34.4. The molecule has 0 unspecified atom stereocenters. The minimum absolute atomic E-state index is 0.193. The lowest BCUT2D eigenvalue weighted by Crippen LogP contribution is -2.55. The van der Waals surface area contributed by atoms with Crippen molar-refractivity contribution in [1.82, 2.24) is 0 Å². The van der Waals surface area contributed by atoms with Gasteiger partial charge in [0.25, 0.3) is 0 Å². The van der Waals surface area contributed by atoms with Crippen LogP contribution in [0, 0.1) is 47.3 Å². The van der Waals surface area contributed by atoms with Crippen molar-refractivity contribution in [2.24, 2.45) is 47.3 Å². The van der Waals surface area contributed by atoms with Crippen LogP contribution in [0.5, 0.6) is 0 Å². The average Bonchev–Trinajstić information content (AvgIpc) is 1.50. The molecule has 8 bridgehead atoms. The second-order valence-corrected chi connectivity index (χ2v) is 38.7. The Balaban J connectivity index is 0.000000140. The van der Waals surface area contributed by atoms with Gasteiger partial charge in [-0.05, 0) is 370 Å². The lowest BCUT2D eigenvalue weighted by molar-refractivity contribution is -0.0399. The molecule has 130 heavy (non-hydrogen) atoms. The number of hydrogen-bond acceptors (Lipinski definition) is 2. The van der Waals surface area contributed by atoms with Gasteiger partial charge in [0.15, 0.2) is 0 Å². The third-order valence-electron chi connectivity index (χ3n) is 31.8. The molecule has 8 fully saturated rings. The number of benzene rings is 18. The molecule has 0 aromatic heterocycles. The zero-order valence-electron chi connectivity index (χ0n) is 73.3. The maximum absolute atomic E-state index is 2.56. The Labute approximate surface area is 765 Å². The monoisotopic (exact) mass is 1670 g/mol. The third kappa shape index (κ3) is 13.5. The first-order chi connectivity index (χ1) is 64.3. The minimum atomic E-state index is 0.193. The summed E-state index contributed by atoms with van der Waals surface area (Å²) in [5.74, 6) is 6.91. The van der Waals surface area contributed by atoms with E-state index >= 15 is 0 Å². The van der Waals surface area contributed by atoms with Gasteiger partial charge in [-0.3, -0.25) is 0 Å². The van der Waals surface area contributed by atoms with E-state index in [0.717, 1.165) is 81.5 Å². The van der Waals surface area contributed by atoms with E-state index in [1.165, 1.54) is 198 Å². The molecule has 18 aromatic carbocycles. The van der Waals surface area contributed by atoms with Crippen molar-refractivity contribution < 1.29 is 0 Å². The molecule has 0 aliphatic heterocycles. The molecule has 28 rings (SSSR count). The van der Waals surface area contributed by atoms with E-state index in [1.807, 2.05) is 0 Å². The lowest BCUT2D eigenvalue weighted by Gasteiger charge is -2.61. The van der Waals surface area contributed by atoms with Crippen LogP contribution in [0.3, 0.4) is 0 Å². The Kier molecular flexibility index (Phi) is 19.4. The van der Waals surface area contributed by atoms with E-state index in [9.17, 15) is 0 Å². The summed E-state index contributed by atoms with van der Waals surface area (Å²) >= 11 is 0. The number of nitrogens with zero attached hydrogens (tertiary/aromatic N) is 2. The normalized spacial score (nSPS) is 21.0. The quantitative estimate of drug-likeness (QED) is 0.0951. The smallest absolute Gasteiger partial charge is 0.0462 e. The van der Waals surface area contributed by atoms with Crippen molar-refractivity contribution in [3.8, 4) is 134 Å². The molecule has 0 saturated heterocycles. The Morgan fingerprint density at radius 1 is 0.138 bits per heavy atom. The van der Waals surface area contributed by atoms with Crippen molar-refractivity contribution in [2.45, 2.75) is 75.0 Å². The molecule has 10 aliphatic carbocycles. The maximum Gasteiger partial charge on any atom is 0.0462 e. The van der Waals surface area contributed by atoms with E-state index < -0.39 is 0 Å².